The summed E-state index contributed by atoms with van der Waals surface area (Å²) in [5.74, 6) is 0.0849. The maximum Gasteiger partial charge on any atom is 0.319 e. The molecule has 0 saturated carbocycles. The van der Waals surface area contributed by atoms with Crippen molar-refractivity contribution < 1.29 is 9.59 Å². The molecule has 1 unspecified atom stereocenters. The van der Waals surface area contributed by atoms with Gasteiger partial charge in [0.1, 0.15) is 0 Å². The van der Waals surface area contributed by atoms with Crippen LogP contribution in [0.5, 0.6) is 0 Å². The van der Waals surface area contributed by atoms with Crippen LogP contribution >= 0.6 is 0 Å². The molecular weight excluding hydrogens is 244 g/mol. The van der Waals surface area contributed by atoms with Gasteiger partial charge in [-0.25, -0.2) is 4.79 Å². The van der Waals surface area contributed by atoms with E-state index in [2.05, 4.69) is 15.6 Å². The number of likely N-dealkylation sites (tertiary alicyclic amines) is 1. The monoisotopic (exact) mass is 262 g/mol. The first kappa shape index (κ1) is 13.3. The molecule has 2 heterocycles. The second kappa shape index (κ2) is 5.69. The number of rotatable bonds is 3. The Bertz CT molecular complexity index is 461. The lowest BCUT2D eigenvalue weighted by molar-refractivity contribution is -0.129. The van der Waals surface area contributed by atoms with Crippen molar-refractivity contribution >= 4 is 17.6 Å². The zero-order valence-corrected chi connectivity index (χ0v) is 11.1. The van der Waals surface area contributed by atoms with Gasteiger partial charge < -0.3 is 15.5 Å². The van der Waals surface area contributed by atoms with Gasteiger partial charge in [0.05, 0.1) is 17.9 Å². The minimum Gasteiger partial charge on any atom is -0.338 e. The lowest BCUT2D eigenvalue weighted by atomic mass is 10.2. The Labute approximate surface area is 112 Å². The van der Waals surface area contributed by atoms with Crippen molar-refractivity contribution in [1.29, 1.82) is 0 Å². The Morgan fingerprint density at radius 1 is 1.53 bits per heavy atom. The van der Waals surface area contributed by atoms with E-state index in [1.54, 1.807) is 29.4 Å². The van der Waals surface area contributed by atoms with Gasteiger partial charge in [0.2, 0.25) is 5.91 Å². The van der Waals surface area contributed by atoms with Crippen LogP contribution < -0.4 is 10.6 Å². The number of amides is 3. The van der Waals surface area contributed by atoms with Crippen molar-refractivity contribution in [2.75, 3.05) is 11.9 Å². The molecule has 0 radical (unpaired) electrons. The number of hydrogen-bond acceptors (Lipinski definition) is 3. The zero-order valence-electron chi connectivity index (χ0n) is 11.1. The van der Waals surface area contributed by atoms with E-state index >= 15 is 0 Å². The number of urea groups is 1. The van der Waals surface area contributed by atoms with Crippen molar-refractivity contribution in [2.45, 2.75) is 32.4 Å². The van der Waals surface area contributed by atoms with Crippen molar-refractivity contribution in [3.63, 3.8) is 0 Å². The molecule has 0 spiro atoms. The van der Waals surface area contributed by atoms with Crippen LogP contribution in [0.1, 0.15) is 20.3 Å². The highest BCUT2D eigenvalue weighted by atomic mass is 16.2. The van der Waals surface area contributed by atoms with Crippen LogP contribution in [0.15, 0.2) is 24.5 Å². The molecule has 6 nitrogen and oxygen atoms in total. The molecule has 102 valence electrons. The van der Waals surface area contributed by atoms with E-state index in [1.807, 2.05) is 13.8 Å². The van der Waals surface area contributed by atoms with Crippen LogP contribution in [-0.2, 0) is 4.79 Å². The predicted octanol–water partition coefficient (Wildman–Crippen LogP) is 1.21. The number of anilines is 1. The van der Waals surface area contributed by atoms with Crippen molar-refractivity contribution in [1.82, 2.24) is 15.2 Å². The highest BCUT2D eigenvalue weighted by molar-refractivity contribution is 5.90. The maximum atomic E-state index is 11.8. The molecule has 1 aromatic rings. The average Bonchev–Trinajstić information content (AvgIpc) is 2.71. The Kier molecular flexibility index (Phi) is 3.99. The fourth-order valence-corrected chi connectivity index (χ4v) is 2.12. The summed E-state index contributed by atoms with van der Waals surface area (Å²) in [7, 11) is 0. The molecule has 6 heteroatoms. The van der Waals surface area contributed by atoms with E-state index in [9.17, 15) is 9.59 Å². The number of pyridine rings is 1. The maximum absolute atomic E-state index is 11.8. The summed E-state index contributed by atoms with van der Waals surface area (Å²) in [6.45, 7) is 4.50. The summed E-state index contributed by atoms with van der Waals surface area (Å²) in [5, 5.41) is 5.49. The Hall–Kier alpha value is -2.11. The summed E-state index contributed by atoms with van der Waals surface area (Å²) < 4.78 is 0. The molecule has 0 aromatic carbocycles. The van der Waals surface area contributed by atoms with E-state index < -0.39 is 0 Å². The molecule has 1 aromatic heterocycles. The lowest BCUT2D eigenvalue weighted by Gasteiger charge is -2.21. The average molecular weight is 262 g/mol. The van der Waals surface area contributed by atoms with E-state index in [4.69, 9.17) is 0 Å². The topological polar surface area (TPSA) is 74.3 Å². The van der Waals surface area contributed by atoms with Gasteiger partial charge in [0.15, 0.2) is 0 Å². The minimum atomic E-state index is -0.309. The van der Waals surface area contributed by atoms with Gasteiger partial charge in [-0.05, 0) is 26.0 Å². The normalized spacial score (nSPS) is 18.8. The molecule has 1 saturated heterocycles. The molecule has 0 bridgehead atoms. The smallest absolute Gasteiger partial charge is 0.319 e. The SMILES string of the molecule is CC(C)N1CC(NC(=O)Nc2cccnc2)CC1=O. The van der Waals surface area contributed by atoms with Gasteiger partial charge in [-0.1, -0.05) is 0 Å². The van der Waals surface area contributed by atoms with Crippen LogP contribution in [0, 0.1) is 0 Å². The van der Waals surface area contributed by atoms with E-state index in [-0.39, 0.29) is 24.0 Å². The number of hydrogen-bond donors (Lipinski definition) is 2. The van der Waals surface area contributed by atoms with Gasteiger partial charge in [-0.3, -0.25) is 9.78 Å². The zero-order chi connectivity index (χ0) is 13.8. The van der Waals surface area contributed by atoms with Crippen LogP contribution in [0.25, 0.3) is 0 Å². The summed E-state index contributed by atoms with van der Waals surface area (Å²) in [6.07, 6.45) is 3.57. The predicted molar refractivity (Wildman–Crippen MR) is 71.6 cm³/mol. The third-order valence-corrected chi connectivity index (χ3v) is 3.04. The molecule has 3 amide bonds. The van der Waals surface area contributed by atoms with Crippen LogP contribution in [0.3, 0.4) is 0 Å². The highest BCUT2D eigenvalue weighted by Gasteiger charge is 2.31. The lowest BCUT2D eigenvalue weighted by Crippen LogP contribution is -2.40. The number of carbonyl (C=O) groups is 2. The minimum absolute atomic E-state index is 0.0849. The second-order valence-corrected chi connectivity index (χ2v) is 4.88. The molecule has 1 aliphatic heterocycles. The first-order valence-corrected chi connectivity index (χ1v) is 6.33. The number of aromatic nitrogens is 1. The van der Waals surface area contributed by atoms with E-state index in [0.29, 0.717) is 18.7 Å². The Morgan fingerprint density at radius 2 is 2.32 bits per heavy atom. The van der Waals surface area contributed by atoms with Crippen molar-refractivity contribution in [3.8, 4) is 0 Å². The van der Waals surface area contributed by atoms with Gasteiger partial charge >= 0.3 is 6.03 Å². The van der Waals surface area contributed by atoms with Gasteiger partial charge in [0.25, 0.3) is 0 Å². The van der Waals surface area contributed by atoms with Crippen LogP contribution in [0.4, 0.5) is 10.5 Å². The first-order valence-electron chi connectivity index (χ1n) is 6.33. The van der Waals surface area contributed by atoms with E-state index in [1.165, 1.54) is 0 Å². The summed E-state index contributed by atoms with van der Waals surface area (Å²) in [6, 6.07) is 3.23. The molecule has 1 fully saturated rings. The van der Waals surface area contributed by atoms with Crippen molar-refractivity contribution in [3.05, 3.63) is 24.5 Å². The summed E-state index contributed by atoms with van der Waals surface area (Å²) in [5.41, 5.74) is 0.630. The molecule has 2 rings (SSSR count). The van der Waals surface area contributed by atoms with Crippen LogP contribution in [-0.4, -0.2) is 40.5 Å². The summed E-state index contributed by atoms with van der Waals surface area (Å²) >= 11 is 0. The van der Waals surface area contributed by atoms with E-state index in [0.717, 1.165) is 0 Å². The molecule has 1 atom stereocenters. The first-order chi connectivity index (χ1) is 9.06. The second-order valence-electron chi connectivity index (χ2n) is 4.88. The molecule has 19 heavy (non-hydrogen) atoms. The van der Waals surface area contributed by atoms with Crippen LogP contribution in [0.2, 0.25) is 0 Å². The summed E-state index contributed by atoms with van der Waals surface area (Å²) in [4.78, 5) is 29.2. The van der Waals surface area contributed by atoms with Gasteiger partial charge in [-0.15, -0.1) is 0 Å². The number of carbonyl (C=O) groups excluding carboxylic acids is 2. The fourth-order valence-electron chi connectivity index (χ4n) is 2.12. The van der Waals surface area contributed by atoms with Gasteiger partial charge in [0, 0.05) is 25.2 Å². The number of nitrogens with one attached hydrogen (secondary N) is 2. The quantitative estimate of drug-likeness (QED) is 0.860. The van der Waals surface area contributed by atoms with Crippen molar-refractivity contribution in [2.24, 2.45) is 0 Å². The number of nitrogens with zero attached hydrogens (tertiary/aromatic N) is 2. The highest BCUT2D eigenvalue weighted by Crippen LogP contribution is 2.14. The standard InChI is InChI=1S/C13H18N4O2/c1-9(2)17-8-11(6-12(17)18)16-13(19)15-10-4-3-5-14-7-10/h3-5,7,9,11H,6,8H2,1-2H3,(H2,15,16,19). The molecule has 0 aliphatic carbocycles. The van der Waals surface area contributed by atoms with Gasteiger partial charge in [-0.2, -0.15) is 0 Å². The molecule has 2 N–H and O–H groups in total. The third-order valence-electron chi connectivity index (χ3n) is 3.04. The molecule has 1 aliphatic rings. The third kappa shape index (κ3) is 3.43. The molecular formula is C13H18N4O2. The fraction of sp³-hybridized carbons (Fsp3) is 0.462. The Balaban J connectivity index is 1.86. The largest absolute Gasteiger partial charge is 0.338 e. The Morgan fingerprint density at radius 3 is 2.89 bits per heavy atom.